The number of piperidine rings is 1. The maximum Gasteiger partial charge on any atom is 0.416 e. The van der Waals surface area contributed by atoms with E-state index in [0.717, 1.165) is 31.7 Å². The first-order valence-electron chi connectivity index (χ1n) is 9.01. The third-order valence-electron chi connectivity index (χ3n) is 5.73. The standard InChI is InChI=1S/C19H25F3N2O.ClH/c1-23-16-8-5-11-24(13-16)17(25)18(9-2-3-10-18)14-6-4-7-15(12-14)19(20,21)22;/h4,6-7,12,16,23H,2-3,5,8-11,13H2,1H3;1H. The minimum Gasteiger partial charge on any atom is -0.340 e. The number of carbonyl (C=O) groups excluding carboxylic acids is 1. The van der Waals surface area contributed by atoms with Crippen LogP contribution in [0.5, 0.6) is 0 Å². The van der Waals surface area contributed by atoms with Gasteiger partial charge in [0.1, 0.15) is 0 Å². The molecule has 1 heterocycles. The number of nitrogens with one attached hydrogen (secondary N) is 1. The van der Waals surface area contributed by atoms with Crippen LogP contribution in [0.1, 0.15) is 49.7 Å². The van der Waals surface area contributed by atoms with E-state index in [0.29, 0.717) is 31.5 Å². The number of carbonyl (C=O) groups is 1. The van der Waals surface area contributed by atoms with Crippen molar-refractivity contribution in [2.75, 3.05) is 20.1 Å². The predicted molar refractivity (Wildman–Crippen MR) is 97.5 cm³/mol. The van der Waals surface area contributed by atoms with Gasteiger partial charge in [0, 0.05) is 19.1 Å². The minimum absolute atomic E-state index is 0. The molecule has 3 rings (SSSR count). The van der Waals surface area contributed by atoms with Gasteiger partial charge in [0.15, 0.2) is 0 Å². The van der Waals surface area contributed by atoms with Gasteiger partial charge in [-0.15, -0.1) is 12.4 Å². The molecule has 3 nitrogen and oxygen atoms in total. The molecule has 0 radical (unpaired) electrons. The van der Waals surface area contributed by atoms with Gasteiger partial charge in [-0.05, 0) is 44.4 Å². The molecular weight excluding hydrogens is 365 g/mol. The van der Waals surface area contributed by atoms with Gasteiger partial charge in [-0.25, -0.2) is 0 Å². The summed E-state index contributed by atoms with van der Waals surface area (Å²) in [6.45, 7) is 1.33. The first kappa shape index (κ1) is 21.0. The summed E-state index contributed by atoms with van der Waals surface area (Å²) in [7, 11) is 1.89. The summed E-state index contributed by atoms with van der Waals surface area (Å²) < 4.78 is 39.4. The Labute approximate surface area is 158 Å². The average molecular weight is 391 g/mol. The number of hydrogen-bond donors (Lipinski definition) is 1. The van der Waals surface area contributed by atoms with Crippen molar-refractivity contribution >= 4 is 18.3 Å². The molecule has 26 heavy (non-hydrogen) atoms. The number of likely N-dealkylation sites (tertiary alicyclic amines) is 1. The smallest absolute Gasteiger partial charge is 0.340 e. The number of alkyl halides is 3. The van der Waals surface area contributed by atoms with Gasteiger partial charge in [0.25, 0.3) is 0 Å². The Balaban J connectivity index is 0.00000243. The summed E-state index contributed by atoms with van der Waals surface area (Å²) in [5, 5.41) is 3.22. The van der Waals surface area contributed by atoms with Crippen molar-refractivity contribution in [3.8, 4) is 0 Å². The summed E-state index contributed by atoms with van der Waals surface area (Å²) in [5.41, 5.74) is -0.941. The largest absolute Gasteiger partial charge is 0.416 e. The van der Waals surface area contributed by atoms with Crippen molar-refractivity contribution < 1.29 is 18.0 Å². The Kier molecular flexibility index (Phi) is 6.61. The van der Waals surface area contributed by atoms with Crippen LogP contribution in [0.15, 0.2) is 24.3 Å². The van der Waals surface area contributed by atoms with Crippen LogP contribution in [0.25, 0.3) is 0 Å². The van der Waals surface area contributed by atoms with Crippen LogP contribution in [0.4, 0.5) is 13.2 Å². The zero-order valence-electron chi connectivity index (χ0n) is 14.9. The molecule has 0 aromatic heterocycles. The molecule has 1 saturated carbocycles. The van der Waals surface area contributed by atoms with E-state index in [2.05, 4.69) is 5.32 Å². The van der Waals surface area contributed by atoms with E-state index in [1.165, 1.54) is 12.1 Å². The zero-order valence-corrected chi connectivity index (χ0v) is 15.8. The first-order valence-corrected chi connectivity index (χ1v) is 9.01. The number of likely N-dealkylation sites (N-methyl/N-ethyl adjacent to an activating group) is 1. The number of amides is 1. The SMILES string of the molecule is CNC1CCCN(C(=O)C2(c3cccc(C(F)(F)F)c3)CCCC2)C1.Cl. The molecule has 1 unspecified atom stereocenters. The maximum atomic E-state index is 13.4. The zero-order chi connectivity index (χ0) is 18.1. The van der Waals surface area contributed by atoms with E-state index in [-0.39, 0.29) is 24.4 Å². The molecule has 1 amide bonds. The van der Waals surface area contributed by atoms with Crippen molar-refractivity contribution in [2.45, 2.75) is 56.2 Å². The molecule has 0 spiro atoms. The van der Waals surface area contributed by atoms with Crippen LogP contribution in [-0.4, -0.2) is 37.0 Å². The summed E-state index contributed by atoms with van der Waals surface area (Å²) >= 11 is 0. The van der Waals surface area contributed by atoms with Crippen molar-refractivity contribution in [1.29, 1.82) is 0 Å². The molecule has 0 bridgehead atoms. The fourth-order valence-corrected chi connectivity index (χ4v) is 4.30. The van der Waals surface area contributed by atoms with Crippen molar-refractivity contribution in [3.05, 3.63) is 35.4 Å². The molecule has 1 aliphatic carbocycles. The lowest BCUT2D eigenvalue weighted by atomic mass is 9.76. The fraction of sp³-hybridized carbons (Fsp3) is 0.632. The maximum absolute atomic E-state index is 13.4. The highest BCUT2D eigenvalue weighted by Gasteiger charge is 2.46. The molecule has 2 aliphatic rings. The molecule has 1 aromatic rings. The minimum atomic E-state index is -4.39. The number of benzene rings is 1. The monoisotopic (exact) mass is 390 g/mol. The van der Waals surface area contributed by atoms with Gasteiger partial charge < -0.3 is 10.2 Å². The summed E-state index contributed by atoms with van der Waals surface area (Å²) in [5.74, 6) is 0.00396. The molecule has 146 valence electrons. The number of hydrogen-bond acceptors (Lipinski definition) is 2. The van der Waals surface area contributed by atoms with Gasteiger partial charge in [0.05, 0.1) is 11.0 Å². The quantitative estimate of drug-likeness (QED) is 0.840. The third-order valence-corrected chi connectivity index (χ3v) is 5.73. The molecule has 1 N–H and O–H groups in total. The van der Waals surface area contributed by atoms with E-state index in [4.69, 9.17) is 0 Å². The topological polar surface area (TPSA) is 32.3 Å². The Hall–Kier alpha value is -1.27. The average Bonchev–Trinajstić information content (AvgIpc) is 3.11. The van der Waals surface area contributed by atoms with Gasteiger partial charge >= 0.3 is 6.18 Å². The number of nitrogens with zero attached hydrogens (tertiary/aromatic N) is 1. The lowest BCUT2D eigenvalue weighted by molar-refractivity contribution is -0.140. The normalized spacial score (nSPS) is 22.8. The number of rotatable bonds is 3. The molecule has 1 saturated heterocycles. The third kappa shape index (κ3) is 4.01. The summed E-state index contributed by atoms with van der Waals surface area (Å²) in [4.78, 5) is 15.2. The van der Waals surface area contributed by atoms with Gasteiger partial charge in [0.2, 0.25) is 5.91 Å². The second kappa shape index (κ2) is 8.17. The lowest BCUT2D eigenvalue weighted by Gasteiger charge is -2.39. The van der Waals surface area contributed by atoms with Crippen LogP contribution in [0.3, 0.4) is 0 Å². The van der Waals surface area contributed by atoms with Crippen LogP contribution in [0, 0.1) is 0 Å². The second-order valence-electron chi connectivity index (χ2n) is 7.25. The van der Waals surface area contributed by atoms with Crippen molar-refractivity contribution in [3.63, 3.8) is 0 Å². The highest BCUT2D eigenvalue weighted by molar-refractivity contribution is 5.89. The van der Waals surface area contributed by atoms with E-state index < -0.39 is 17.2 Å². The molecule has 2 fully saturated rings. The Morgan fingerprint density at radius 1 is 1.23 bits per heavy atom. The van der Waals surface area contributed by atoms with E-state index in [9.17, 15) is 18.0 Å². The highest BCUT2D eigenvalue weighted by Crippen LogP contribution is 2.44. The van der Waals surface area contributed by atoms with Crippen molar-refractivity contribution in [1.82, 2.24) is 10.2 Å². The molecule has 7 heteroatoms. The van der Waals surface area contributed by atoms with Gasteiger partial charge in [-0.3, -0.25) is 4.79 Å². The fourth-order valence-electron chi connectivity index (χ4n) is 4.30. The Morgan fingerprint density at radius 2 is 1.92 bits per heavy atom. The van der Waals surface area contributed by atoms with Crippen molar-refractivity contribution in [2.24, 2.45) is 0 Å². The molecular formula is C19H26ClF3N2O. The highest BCUT2D eigenvalue weighted by atomic mass is 35.5. The van der Waals surface area contributed by atoms with Gasteiger partial charge in [-0.1, -0.05) is 31.0 Å². The predicted octanol–water partition coefficient (Wildman–Crippen LogP) is 4.15. The molecule has 1 atom stereocenters. The van der Waals surface area contributed by atoms with Crippen LogP contribution in [-0.2, 0) is 16.4 Å². The van der Waals surface area contributed by atoms with Crippen LogP contribution in [0.2, 0.25) is 0 Å². The second-order valence-corrected chi connectivity index (χ2v) is 7.25. The first-order chi connectivity index (χ1) is 11.9. The van der Waals surface area contributed by atoms with Crippen LogP contribution >= 0.6 is 12.4 Å². The Bertz CT molecular complexity index is 629. The summed E-state index contributed by atoms with van der Waals surface area (Å²) in [6.07, 6.45) is 0.590. The molecule has 1 aliphatic heterocycles. The summed E-state index contributed by atoms with van der Waals surface area (Å²) in [6, 6.07) is 5.64. The Morgan fingerprint density at radius 3 is 2.54 bits per heavy atom. The van der Waals surface area contributed by atoms with Crippen LogP contribution < -0.4 is 5.32 Å². The lowest BCUT2D eigenvalue weighted by Crippen LogP contribution is -2.53. The number of halogens is 4. The molecule has 1 aromatic carbocycles. The van der Waals surface area contributed by atoms with E-state index >= 15 is 0 Å². The van der Waals surface area contributed by atoms with Gasteiger partial charge in [-0.2, -0.15) is 13.2 Å². The van der Waals surface area contributed by atoms with E-state index in [1.54, 1.807) is 6.07 Å². The van der Waals surface area contributed by atoms with E-state index in [1.807, 2.05) is 11.9 Å².